The lowest BCUT2D eigenvalue weighted by Crippen LogP contribution is -2.34. The Kier molecular flexibility index (Phi) is 6.47. The van der Waals surface area contributed by atoms with Gasteiger partial charge in [-0.2, -0.15) is 0 Å². The molecule has 1 fully saturated rings. The molecule has 0 saturated heterocycles. The molecule has 0 aliphatic heterocycles. The molecular weight excluding hydrogens is 372 g/mol. The van der Waals surface area contributed by atoms with Gasteiger partial charge < -0.3 is 0 Å². The molecule has 148 valence electrons. The lowest BCUT2D eigenvalue weighted by atomic mass is 9.80. The van der Waals surface area contributed by atoms with Gasteiger partial charge in [0.1, 0.15) is 0 Å². The average Bonchev–Trinajstić information content (AvgIpc) is 3.15. The van der Waals surface area contributed by atoms with Crippen molar-refractivity contribution in [2.45, 2.75) is 64.0 Å². The quantitative estimate of drug-likeness (QED) is 0.561. The maximum Gasteiger partial charge on any atom is 0.155 e. The van der Waals surface area contributed by atoms with E-state index in [4.69, 9.17) is 0 Å². The second-order valence-corrected chi connectivity index (χ2v) is 12.7. The van der Waals surface area contributed by atoms with E-state index in [0.717, 1.165) is 25.2 Å². The van der Waals surface area contributed by atoms with E-state index >= 15 is 0 Å². The zero-order valence-electron chi connectivity index (χ0n) is 16.8. The van der Waals surface area contributed by atoms with E-state index in [2.05, 4.69) is 41.8 Å². The van der Waals surface area contributed by atoms with Gasteiger partial charge in [-0.15, -0.1) is 11.3 Å². The van der Waals surface area contributed by atoms with Crippen LogP contribution in [0.15, 0.2) is 41.8 Å². The molecule has 0 N–H and O–H groups in total. The van der Waals surface area contributed by atoms with Gasteiger partial charge in [0.25, 0.3) is 0 Å². The van der Waals surface area contributed by atoms with Gasteiger partial charge in [-0.1, -0.05) is 43.2 Å². The zero-order chi connectivity index (χ0) is 19.5. The number of sulfone groups is 1. The molecular formula is C23H32O2S2. The first-order valence-corrected chi connectivity index (χ1v) is 12.6. The van der Waals surface area contributed by atoms with Gasteiger partial charge >= 0.3 is 0 Å². The van der Waals surface area contributed by atoms with Crippen molar-refractivity contribution >= 4 is 21.2 Å². The molecule has 1 aliphatic rings. The summed E-state index contributed by atoms with van der Waals surface area (Å²) in [5.74, 6) is 1.47. The molecule has 0 radical (unpaired) electrons. The Balaban J connectivity index is 1.45. The molecule has 0 unspecified atom stereocenters. The molecule has 27 heavy (non-hydrogen) atoms. The largest absolute Gasteiger partial charge is 0.228 e. The van der Waals surface area contributed by atoms with Crippen molar-refractivity contribution in [1.82, 2.24) is 0 Å². The lowest BCUT2D eigenvalue weighted by molar-refractivity contribution is 0.278. The van der Waals surface area contributed by atoms with Crippen LogP contribution in [0.2, 0.25) is 0 Å². The van der Waals surface area contributed by atoms with Crippen LogP contribution in [0.5, 0.6) is 0 Å². The third-order valence-electron chi connectivity index (χ3n) is 5.96. The highest BCUT2D eigenvalue weighted by Gasteiger charge is 2.33. The Bertz CT molecular complexity index is 804. The Morgan fingerprint density at radius 2 is 1.59 bits per heavy atom. The second-order valence-electron chi connectivity index (χ2n) is 8.99. The van der Waals surface area contributed by atoms with E-state index in [9.17, 15) is 8.42 Å². The van der Waals surface area contributed by atoms with Crippen LogP contribution in [-0.4, -0.2) is 18.9 Å². The Morgan fingerprint density at radius 1 is 0.963 bits per heavy atom. The molecule has 0 atom stereocenters. The van der Waals surface area contributed by atoms with Crippen molar-refractivity contribution in [2.75, 3.05) is 5.75 Å². The van der Waals surface area contributed by atoms with Crippen LogP contribution in [-0.2, 0) is 16.3 Å². The Morgan fingerprint density at radius 3 is 2.15 bits per heavy atom. The normalized spacial score (nSPS) is 21.3. The van der Waals surface area contributed by atoms with E-state index in [0.29, 0.717) is 11.7 Å². The minimum absolute atomic E-state index is 0.357. The molecule has 0 bridgehead atoms. The van der Waals surface area contributed by atoms with Crippen LogP contribution in [0.1, 0.15) is 58.4 Å². The molecule has 1 aliphatic carbocycles. The first-order valence-electron chi connectivity index (χ1n) is 10.1. The lowest BCUT2D eigenvalue weighted by Gasteiger charge is -2.30. The minimum atomic E-state index is -2.99. The predicted molar refractivity (Wildman–Crippen MR) is 117 cm³/mol. The maximum atomic E-state index is 12.4. The molecule has 2 nitrogen and oxygen atoms in total. The average molecular weight is 405 g/mol. The smallest absolute Gasteiger partial charge is 0.155 e. The highest BCUT2D eigenvalue weighted by Crippen LogP contribution is 2.34. The Hall–Kier alpha value is -1.13. The fourth-order valence-corrected chi connectivity index (χ4v) is 6.08. The molecule has 1 heterocycles. The standard InChI is InChI=1S/C23H32O2S2/c1-23(2,3)27(24,25)17-20-10-8-18(9-11-20)6-7-19-12-14-21(15-13-19)22-5-4-16-26-22/h4-5,12-16,18,20H,6-11,17H2,1-3H3. The predicted octanol–water partition coefficient (Wildman–Crippen LogP) is 6.37. The summed E-state index contributed by atoms with van der Waals surface area (Å²) in [6, 6.07) is 13.2. The van der Waals surface area contributed by atoms with E-state index < -0.39 is 14.6 Å². The highest BCUT2D eigenvalue weighted by molar-refractivity contribution is 7.92. The van der Waals surface area contributed by atoms with Crippen molar-refractivity contribution in [2.24, 2.45) is 11.8 Å². The number of rotatable bonds is 6. The summed E-state index contributed by atoms with van der Waals surface area (Å²) in [7, 11) is -2.99. The number of hydrogen-bond donors (Lipinski definition) is 0. The third kappa shape index (κ3) is 5.45. The highest BCUT2D eigenvalue weighted by atomic mass is 32.2. The fourth-order valence-electron chi connectivity index (χ4n) is 3.90. The van der Waals surface area contributed by atoms with Crippen LogP contribution < -0.4 is 0 Å². The molecule has 3 rings (SSSR count). The Labute approximate surface area is 168 Å². The van der Waals surface area contributed by atoms with Gasteiger partial charge in [-0.3, -0.25) is 0 Å². The number of aryl methyl sites for hydroxylation is 1. The van der Waals surface area contributed by atoms with E-state index in [1.807, 2.05) is 20.8 Å². The van der Waals surface area contributed by atoms with Crippen LogP contribution in [0, 0.1) is 11.8 Å². The van der Waals surface area contributed by atoms with Gasteiger partial charge in [0.2, 0.25) is 0 Å². The molecule has 1 aromatic heterocycles. The molecule has 0 amide bonds. The molecule has 1 aromatic carbocycles. The maximum absolute atomic E-state index is 12.4. The topological polar surface area (TPSA) is 34.1 Å². The van der Waals surface area contributed by atoms with Crippen molar-refractivity contribution in [3.63, 3.8) is 0 Å². The van der Waals surface area contributed by atoms with Crippen molar-refractivity contribution in [3.8, 4) is 10.4 Å². The van der Waals surface area contributed by atoms with Crippen LogP contribution in [0.4, 0.5) is 0 Å². The second kappa shape index (κ2) is 8.48. The van der Waals surface area contributed by atoms with Crippen LogP contribution in [0.3, 0.4) is 0 Å². The molecule has 1 saturated carbocycles. The summed E-state index contributed by atoms with van der Waals surface area (Å²) in [6.45, 7) is 5.45. The number of thiophene rings is 1. The fraction of sp³-hybridized carbons (Fsp3) is 0.565. The third-order valence-corrected chi connectivity index (χ3v) is 9.65. The zero-order valence-corrected chi connectivity index (χ0v) is 18.4. The van der Waals surface area contributed by atoms with Crippen molar-refractivity contribution in [3.05, 3.63) is 47.3 Å². The van der Waals surface area contributed by atoms with E-state index in [-0.39, 0.29) is 0 Å². The number of benzene rings is 1. The van der Waals surface area contributed by atoms with Gasteiger partial charge in [-0.25, -0.2) is 8.42 Å². The summed E-state index contributed by atoms with van der Waals surface area (Å²) in [6.07, 6.45) is 6.83. The number of hydrogen-bond acceptors (Lipinski definition) is 3. The minimum Gasteiger partial charge on any atom is -0.228 e. The van der Waals surface area contributed by atoms with Crippen LogP contribution in [0.25, 0.3) is 10.4 Å². The molecule has 4 heteroatoms. The first-order chi connectivity index (χ1) is 12.7. The first kappa shape index (κ1) is 20.6. The monoisotopic (exact) mass is 404 g/mol. The SMILES string of the molecule is CC(C)(C)S(=O)(=O)CC1CCC(CCc2ccc(-c3cccs3)cc2)CC1. The summed E-state index contributed by atoms with van der Waals surface area (Å²) in [5.41, 5.74) is 2.71. The summed E-state index contributed by atoms with van der Waals surface area (Å²) < 4.78 is 24.2. The van der Waals surface area contributed by atoms with Crippen molar-refractivity contribution < 1.29 is 8.42 Å². The molecule has 2 aromatic rings. The van der Waals surface area contributed by atoms with Gasteiger partial charge in [0.15, 0.2) is 9.84 Å². The van der Waals surface area contributed by atoms with Crippen molar-refractivity contribution in [1.29, 1.82) is 0 Å². The van der Waals surface area contributed by atoms with Crippen LogP contribution >= 0.6 is 11.3 Å². The van der Waals surface area contributed by atoms with E-state index in [1.165, 1.54) is 35.3 Å². The molecule has 0 spiro atoms. The summed E-state index contributed by atoms with van der Waals surface area (Å²) >= 11 is 1.78. The summed E-state index contributed by atoms with van der Waals surface area (Å²) in [5, 5.41) is 2.12. The van der Waals surface area contributed by atoms with Gasteiger partial charge in [0, 0.05) is 4.88 Å². The van der Waals surface area contributed by atoms with Gasteiger partial charge in [-0.05, 0) is 80.9 Å². The van der Waals surface area contributed by atoms with Gasteiger partial charge in [0.05, 0.1) is 10.5 Å². The van der Waals surface area contributed by atoms with E-state index in [1.54, 1.807) is 11.3 Å². The summed E-state index contributed by atoms with van der Waals surface area (Å²) in [4.78, 5) is 1.32.